The molecule has 1 N–H and O–H groups in total. The van der Waals surface area contributed by atoms with Gasteiger partial charge in [0.2, 0.25) is 0 Å². The SMILES string of the molecule is CC(C)CCNC(=O)c1cc(Cl)nnc1Cl. The fourth-order valence-electron chi connectivity index (χ4n) is 1.08. The summed E-state index contributed by atoms with van der Waals surface area (Å²) in [5.41, 5.74) is 0.255. The van der Waals surface area contributed by atoms with Crippen LogP contribution in [-0.4, -0.2) is 22.6 Å². The number of nitrogens with zero attached hydrogens (tertiary/aromatic N) is 2. The second kappa shape index (κ2) is 6.01. The number of carbonyl (C=O) groups is 1. The fraction of sp³-hybridized carbons (Fsp3) is 0.500. The highest BCUT2D eigenvalue weighted by Crippen LogP contribution is 2.15. The Morgan fingerprint density at radius 2 is 2.12 bits per heavy atom. The van der Waals surface area contributed by atoms with E-state index < -0.39 is 0 Å². The molecule has 4 nitrogen and oxygen atoms in total. The third kappa shape index (κ3) is 3.94. The first-order valence-corrected chi connectivity index (χ1v) is 5.73. The quantitative estimate of drug-likeness (QED) is 0.907. The lowest BCUT2D eigenvalue weighted by molar-refractivity contribution is 0.0951. The van der Waals surface area contributed by atoms with Crippen LogP contribution in [0, 0.1) is 5.92 Å². The highest BCUT2D eigenvalue weighted by molar-refractivity contribution is 6.34. The van der Waals surface area contributed by atoms with Crippen molar-refractivity contribution in [1.82, 2.24) is 15.5 Å². The number of rotatable bonds is 4. The third-order valence-corrected chi connectivity index (χ3v) is 2.43. The molecule has 1 aromatic heterocycles. The Morgan fingerprint density at radius 3 is 2.75 bits per heavy atom. The Morgan fingerprint density at radius 1 is 1.44 bits per heavy atom. The molecule has 0 aliphatic heterocycles. The van der Waals surface area contributed by atoms with Crippen LogP contribution in [0.25, 0.3) is 0 Å². The number of carbonyl (C=O) groups excluding carboxylic acids is 1. The monoisotopic (exact) mass is 261 g/mol. The molecule has 0 spiro atoms. The Hall–Kier alpha value is -0.870. The summed E-state index contributed by atoms with van der Waals surface area (Å²) in [6.07, 6.45) is 0.912. The van der Waals surface area contributed by atoms with E-state index in [1.807, 2.05) is 0 Å². The molecule has 1 heterocycles. The van der Waals surface area contributed by atoms with Crippen LogP contribution in [0.15, 0.2) is 6.07 Å². The lowest BCUT2D eigenvalue weighted by atomic mass is 10.1. The average Bonchev–Trinajstić information content (AvgIpc) is 2.21. The van der Waals surface area contributed by atoms with Gasteiger partial charge in [0, 0.05) is 6.54 Å². The maximum atomic E-state index is 11.7. The molecule has 0 saturated heterocycles. The first kappa shape index (κ1) is 13.2. The van der Waals surface area contributed by atoms with Crippen molar-refractivity contribution in [3.05, 3.63) is 21.9 Å². The number of aromatic nitrogens is 2. The Balaban J connectivity index is 2.62. The molecule has 1 amide bonds. The molecule has 6 heteroatoms. The lowest BCUT2D eigenvalue weighted by Crippen LogP contribution is -2.26. The van der Waals surface area contributed by atoms with Gasteiger partial charge in [-0.05, 0) is 18.4 Å². The van der Waals surface area contributed by atoms with Gasteiger partial charge < -0.3 is 5.32 Å². The fourth-order valence-corrected chi connectivity index (χ4v) is 1.41. The van der Waals surface area contributed by atoms with Gasteiger partial charge in [0.15, 0.2) is 10.3 Å². The van der Waals surface area contributed by atoms with Crippen LogP contribution in [-0.2, 0) is 0 Å². The van der Waals surface area contributed by atoms with Crippen molar-refractivity contribution in [2.24, 2.45) is 5.92 Å². The van der Waals surface area contributed by atoms with Crippen molar-refractivity contribution < 1.29 is 4.79 Å². The van der Waals surface area contributed by atoms with Gasteiger partial charge in [-0.25, -0.2) is 0 Å². The van der Waals surface area contributed by atoms with Crippen molar-refractivity contribution in [3.8, 4) is 0 Å². The molecule has 1 rings (SSSR count). The van der Waals surface area contributed by atoms with E-state index in [0.29, 0.717) is 12.5 Å². The van der Waals surface area contributed by atoms with E-state index >= 15 is 0 Å². The van der Waals surface area contributed by atoms with Gasteiger partial charge in [0.05, 0.1) is 5.56 Å². The Kier molecular flexibility index (Phi) is 4.96. The van der Waals surface area contributed by atoms with Crippen molar-refractivity contribution in [2.45, 2.75) is 20.3 Å². The number of amides is 1. The molecule has 0 radical (unpaired) electrons. The highest BCUT2D eigenvalue weighted by Gasteiger charge is 2.12. The summed E-state index contributed by atoms with van der Waals surface area (Å²) in [6, 6.07) is 1.40. The van der Waals surface area contributed by atoms with E-state index in [2.05, 4.69) is 29.4 Å². The van der Waals surface area contributed by atoms with Gasteiger partial charge in [0.25, 0.3) is 5.91 Å². The summed E-state index contributed by atoms with van der Waals surface area (Å²) in [6.45, 7) is 4.78. The van der Waals surface area contributed by atoms with Gasteiger partial charge >= 0.3 is 0 Å². The Labute approximate surface area is 104 Å². The zero-order valence-corrected chi connectivity index (χ0v) is 10.6. The van der Waals surface area contributed by atoms with Crippen LogP contribution in [0.1, 0.15) is 30.6 Å². The van der Waals surface area contributed by atoms with Gasteiger partial charge in [-0.15, -0.1) is 10.2 Å². The van der Waals surface area contributed by atoms with Crippen LogP contribution in [0.2, 0.25) is 10.3 Å². The summed E-state index contributed by atoms with van der Waals surface area (Å²) in [5.74, 6) is 0.261. The average molecular weight is 262 g/mol. The molecule has 0 aliphatic rings. The zero-order valence-electron chi connectivity index (χ0n) is 9.13. The van der Waals surface area contributed by atoms with Crippen molar-refractivity contribution in [1.29, 1.82) is 0 Å². The molecule has 0 unspecified atom stereocenters. The van der Waals surface area contributed by atoms with Gasteiger partial charge in [-0.2, -0.15) is 0 Å². The smallest absolute Gasteiger partial charge is 0.254 e. The first-order valence-electron chi connectivity index (χ1n) is 4.97. The minimum absolute atomic E-state index is 0.0615. The maximum Gasteiger partial charge on any atom is 0.254 e. The highest BCUT2D eigenvalue weighted by atomic mass is 35.5. The van der Waals surface area contributed by atoms with Crippen LogP contribution in [0.4, 0.5) is 0 Å². The van der Waals surface area contributed by atoms with Crippen LogP contribution >= 0.6 is 23.2 Å². The molecule has 0 aromatic carbocycles. The maximum absolute atomic E-state index is 11.7. The first-order chi connectivity index (χ1) is 7.50. The van der Waals surface area contributed by atoms with E-state index in [9.17, 15) is 4.79 Å². The van der Waals surface area contributed by atoms with Crippen molar-refractivity contribution in [2.75, 3.05) is 6.54 Å². The molecule has 0 aliphatic carbocycles. The summed E-state index contributed by atoms with van der Waals surface area (Å²) in [4.78, 5) is 11.7. The number of halogens is 2. The minimum Gasteiger partial charge on any atom is -0.352 e. The molecule has 0 saturated carbocycles. The predicted molar refractivity (Wildman–Crippen MR) is 63.8 cm³/mol. The van der Waals surface area contributed by atoms with E-state index in [1.54, 1.807) is 0 Å². The largest absolute Gasteiger partial charge is 0.352 e. The number of hydrogen-bond donors (Lipinski definition) is 1. The van der Waals surface area contributed by atoms with E-state index in [0.717, 1.165) is 6.42 Å². The van der Waals surface area contributed by atoms with E-state index in [-0.39, 0.29) is 21.8 Å². The lowest BCUT2D eigenvalue weighted by Gasteiger charge is -2.07. The summed E-state index contributed by atoms with van der Waals surface area (Å²) in [5, 5.41) is 10.1. The molecule has 0 atom stereocenters. The standard InChI is InChI=1S/C10H13Cl2N3O/c1-6(2)3-4-13-10(16)7-5-8(11)14-15-9(7)12/h5-6H,3-4H2,1-2H3,(H,13,16). The second-order valence-corrected chi connectivity index (χ2v) is 4.56. The zero-order chi connectivity index (χ0) is 12.1. The minimum atomic E-state index is -0.276. The number of nitrogens with one attached hydrogen (secondary N) is 1. The van der Waals surface area contributed by atoms with Crippen molar-refractivity contribution in [3.63, 3.8) is 0 Å². The normalized spacial score (nSPS) is 10.6. The topological polar surface area (TPSA) is 54.9 Å². The number of hydrogen-bond acceptors (Lipinski definition) is 3. The second-order valence-electron chi connectivity index (χ2n) is 3.81. The van der Waals surface area contributed by atoms with Gasteiger partial charge in [-0.3, -0.25) is 4.79 Å². The van der Waals surface area contributed by atoms with E-state index in [1.165, 1.54) is 6.07 Å². The summed E-state index contributed by atoms with van der Waals surface area (Å²) < 4.78 is 0. The molecular weight excluding hydrogens is 249 g/mol. The molecule has 0 fully saturated rings. The molecular formula is C10H13Cl2N3O. The summed E-state index contributed by atoms with van der Waals surface area (Å²) in [7, 11) is 0. The van der Waals surface area contributed by atoms with Gasteiger partial charge in [0.1, 0.15) is 0 Å². The molecule has 1 aromatic rings. The Bertz CT molecular complexity index is 382. The van der Waals surface area contributed by atoms with Crippen molar-refractivity contribution >= 4 is 29.1 Å². The van der Waals surface area contributed by atoms with Crippen LogP contribution in [0.5, 0.6) is 0 Å². The third-order valence-electron chi connectivity index (χ3n) is 1.97. The van der Waals surface area contributed by atoms with Crippen LogP contribution < -0.4 is 5.32 Å². The summed E-state index contributed by atoms with van der Waals surface area (Å²) >= 11 is 11.4. The molecule has 0 bridgehead atoms. The van der Waals surface area contributed by atoms with Crippen LogP contribution in [0.3, 0.4) is 0 Å². The van der Waals surface area contributed by atoms with Gasteiger partial charge in [-0.1, -0.05) is 37.0 Å². The van der Waals surface area contributed by atoms with E-state index in [4.69, 9.17) is 23.2 Å². The molecule has 88 valence electrons. The molecule has 16 heavy (non-hydrogen) atoms. The predicted octanol–water partition coefficient (Wildman–Crippen LogP) is 2.56.